The maximum absolute atomic E-state index is 11.8. The van der Waals surface area contributed by atoms with Crippen LogP contribution in [0.4, 0.5) is 11.6 Å². The van der Waals surface area contributed by atoms with Gasteiger partial charge in [-0.3, -0.25) is 9.78 Å². The van der Waals surface area contributed by atoms with E-state index in [0.29, 0.717) is 10.7 Å². The molecule has 0 atom stereocenters. The highest BCUT2D eigenvalue weighted by atomic mass is 35.5. The molecule has 6 nitrogen and oxygen atoms in total. The second-order valence-electron chi connectivity index (χ2n) is 4.95. The highest BCUT2D eigenvalue weighted by molar-refractivity contribution is 6.30. The topological polar surface area (TPSA) is 96.2 Å². The SMILES string of the molecule is N/C(=N\c1nc(-c2ccccc2)cc(=O)[nH]1)Nc1ccc(Cl)cc1. The number of hydrogen-bond donors (Lipinski definition) is 3. The molecule has 0 amide bonds. The summed E-state index contributed by atoms with van der Waals surface area (Å²) in [5, 5.41) is 3.53. The Morgan fingerprint density at radius 3 is 2.54 bits per heavy atom. The van der Waals surface area contributed by atoms with Crippen molar-refractivity contribution in [1.82, 2.24) is 9.97 Å². The third-order valence-corrected chi connectivity index (χ3v) is 3.39. The van der Waals surface area contributed by atoms with Crippen LogP contribution in [-0.4, -0.2) is 15.9 Å². The number of hydrogen-bond acceptors (Lipinski definition) is 3. The zero-order valence-corrected chi connectivity index (χ0v) is 13.3. The molecule has 0 unspecified atom stereocenters. The van der Waals surface area contributed by atoms with Crippen molar-refractivity contribution in [2.24, 2.45) is 10.7 Å². The summed E-state index contributed by atoms with van der Waals surface area (Å²) in [7, 11) is 0. The van der Waals surface area contributed by atoms with Crippen LogP contribution in [-0.2, 0) is 0 Å². The van der Waals surface area contributed by atoms with Gasteiger partial charge < -0.3 is 11.1 Å². The molecule has 3 rings (SSSR count). The third-order valence-electron chi connectivity index (χ3n) is 3.14. The van der Waals surface area contributed by atoms with Gasteiger partial charge in [0.1, 0.15) is 0 Å². The predicted octanol–water partition coefficient (Wildman–Crippen LogP) is 3.15. The number of anilines is 1. The molecule has 2 aromatic carbocycles. The molecular formula is C17H14ClN5O. The van der Waals surface area contributed by atoms with Gasteiger partial charge in [-0.05, 0) is 24.3 Å². The van der Waals surface area contributed by atoms with Gasteiger partial charge in [0.25, 0.3) is 5.56 Å². The Morgan fingerprint density at radius 2 is 1.83 bits per heavy atom. The molecule has 1 heterocycles. The van der Waals surface area contributed by atoms with Crippen LogP contribution in [0.25, 0.3) is 11.3 Å². The fourth-order valence-electron chi connectivity index (χ4n) is 2.08. The Labute approximate surface area is 143 Å². The first-order valence-electron chi connectivity index (χ1n) is 7.14. The Morgan fingerprint density at radius 1 is 1.12 bits per heavy atom. The molecule has 0 spiro atoms. The van der Waals surface area contributed by atoms with E-state index in [-0.39, 0.29) is 17.5 Å². The Hall–Kier alpha value is -3.12. The molecule has 0 bridgehead atoms. The maximum Gasteiger partial charge on any atom is 0.252 e. The summed E-state index contributed by atoms with van der Waals surface area (Å²) in [6.07, 6.45) is 0. The van der Waals surface area contributed by atoms with E-state index in [9.17, 15) is 4.79 Å². The molecule has 1 aromatic heterocycles. The van der Waals surface area contributed by atoms with Crippen molar-refractivity contribution in [3.8, 4) is 11.3 Å². The highest BCUT2D eigenvalue weighted by Gasteiger charge is 2.04. The van der Waals surface area contributed by atoms with E-state index in [1.54, 1.807) is 24.3 Å². The van der Waals surface area contributed by atoms with Gasteiger partial charge >= 0.3 is 0 Å². The minimum Gasteiger partial charge on any atom is -0.369 e. The van der Waals surface area contributed by atoms with Crippen LogP contribution >= 0.6 is 11.6 Å². The number of rotatable bonds is 3. The van der Waals surface area contributed by atoms with Crippen molar-refractivity contribution < 1.29 is 0 Å². The van der Waals surface area contributed by atoms with Crippen LogP contribution in [0.3, 0.4) is 0 Å². The zero-order valence-electron chi connectivity index (χ0n) is 12.5. The number of H-pyrrole nitrogens is 1. The Balaban J connectivity index is 1.87. The van der Waals surface area contributed by atoms with Crippen molar-refractivity contribution >= 4 is 29.2 Å². The van der Waals surface area contributed by atoms with Crippen molar-refractivity contribution in [2.75, 3.05) is 5.32 Å². The lowest BCUT2D eigenvalue weighted by molar-refractivity contribution is 1.10. The van der Waals surface area contributed by atoms with Gasteiger partial charge in [-0.2, -0.15) is 4.99 Å². The fraction of sp³-hybridized carbons (Fsp3) is 0. The predicted molar refractivity (Wildman–Crippen MR) is 96.7 cm³/mol. The normalized spacial score (nSPS) is 11.3. The first kappa shape index (κ1) is 15.8. The van der Waals surface area contributed by atoms with Gasteiger partial charge in [-0.25, -0.2) is 4.98 Å². The van der Waals surface area contributed by atoms with E-state index in [1.165, 1.54) is 6.07 Å². The molecule has 0 fully saturated rings. The Bertz CT molecular complexity index is 920. The summed E-state index contributed by atoms with van der Waals surface area (Å²) in [5.41, 5.74) is 7.63. The van der Waals surface area contributed by atoms with Crippen LogP contribution < -0.4 is 16.6 Å². The van der Waals surface area contributed by atoms with E-state index in [0.717, 1.165) is 11.3 Å². The molecule has 0 saturated heterocycles. The standard InChI is InChI=1S/C17H14ClN5O/c18-12-6-8-13(9-7-12)20-16(19)23-17-21-14(10-15(24)22-17)11-4-2-1-3-5-11/h1-10H,(H4,19,20,21,22,23,24). The van der Waals surface area contributed by atoms with E-state index in [1.807, 2.05) is 30.3 Å². The molecule has 0 radical (unpaired) electrons. The zero-order chi connectivity index (χ0) is 16.9. The molecule has 0 aliphatic rings. The van der Waals surface area contributed by atoms with Crippen LogP contribution in [0, 0.1) is 0 Å². The number of nitrogens with one attached hydrogen (secondary N) is 2. The number of aromatic amines is 1. The molecule has 3 aromatic rings. The lowest BCUT2D eigenvalue weighted by Crippen LogP contribution is -2.22. The quantitative estimate of drug-likeness (QED) is 0.504. The molecule has 0 aliphatic carbocycles. The van der Waals surface area contributed by atoms with Crippen molar-refractivity contribution in [3.05, 3.63) is 76.0 Å². The van der Waals surface area contributed by atoms with Gasteiger partial charge in [0, 0.05) is 22.3 Å². The Kier molecular flexibility index (Phi) is 4.58. The van der Waals surface area contributed by atoms with E-state index >= 15 is 0 Å². The van der Waals surface area contributed by atoms with Crippen molar-refractivity contribution in [2.45, 2.75) is 0 Å². The first-order valence-corrected chi connectivity index (χ1v) is 7.51. The lowest BCUT2D eigenvalue weighted by atomic mass is 10.1. The average Bonchev–Trinajstić information content (AvgIpc) is 2.57. The average molecular weight is 340 g/mol. The molecular weight excluding hydrogens is 326 g/mol. The summed E-state index contributed by atoms with van der Waals surface area (Å²) in [6, 6.07) is 17.8. The van der Waals surface area contributed by atoms with E-state index in [2.05, 4.69) is 20.3 Å². The maximum atomic E-state index is 11.8. The molecule has 7 heteroatoms. The summed E-state index contributed by atoms with van der Waals surface area (Å²) < 4.78 is 0. The number of halogens is 1. The van der Waals surface area contributed by atoms with Crippen LogP contribution in [0.1, 0.15) is 0 Å². The van der Waals surface area contributed by atoms with Crippen molar-refractivity contribution in [1.29, 1.82) is 0 Å². The van der Waals surface area contributed by atoms with Gasteiger partial charge in [0.05, 0.1) is 5.69 Å². The highest BCUT2D eigenvalue weighted by Crippen LogP contribution is 2.17. The lowest BCUT2D eigenvalue weighted by Gasteiger charge is -2.06. The van der Waals surface area contributed by atoms with Gasteiger partial charge in [-0.1, -0.05) is 41.9 Å². The molecule has 120 valence electrons. The van der Waals surface area contributed by atoms with Crippen LogP contribution in [0.5, 0.6) is 0 Å². The summed E-state index contributed by atoms with van der Waals surface area (Å²) >= 11 is 5.83. The number of nitrogens with two attached hydrogens (primary N) is 1. The number of benzene rings is 2. The van der Waals surface area contributed by atoms with Crippen LogP contribution in [0.2, 0.25) is 5.02 Å². The van der Waals surface area contributed by atoms with Gasteiger partial charge in [0.15, 0.2) is 0 Å². The van der Waals surface area contributed by atoms with E-state index in [4.69, 9.17) is 17.3 Å². The largest absolute Gasteiger partial charge is 0.369 e. The minimum absolute atomic E-state index is 0.102. The van der Waals surface area contributed by atoms with Crippen molar-refractivity contribution in [3.63, 3.8) is 0 Å². The number of guanidine groups is 1. The first-order chi connectivity index (χ1) is 11.6. The van der Waals surface area contributed by atoms with Gasteiger partial charge in [0.2, 0.25) is 11.9 Å². The van der Waals surface area contributed by atoms with Crippen LogP contribution in [0.15, 0.2) is 70.5 Å². The smallest absolute Gasteiger partial charge is 0.252 e. The van der Waals surface area contributed by atoms with E-state index < -0.39 is 0 Å². The molecule has 4 N–H and O–H groups in total. The summed E-state index contributed by atoms with van der Waals surface area (Å²) in [4.78, 5) is 22.8. The number of aromatic nitrogens is 2. The number of aliphatic imine (C=N–C) groups is 1. The molecule has 0 saturated carbocycles. The van der Waals surface area contributed by atoms with Gasteiger partial charge in [-0.15, -0.1) is 0 Å². The second kappa shape index (κ2) is 6.97. The summed E-state index contributed by atoms with van der Waals surface area (Å²) in [5.74, 6) is 0.228. The molecule has 24 heavy (non-hydrogen) atoms. The third kappa shape index (κ3) is 3.99. The summed E-state index contributed by atoms with van der Waals surface area (Å²) in [6.45, 7) is 0. The monoisotopic (exact) mass is 339 g/mol. The fourth-order valence-corrected chi connectivity index (χ4v) is 2.20. The number of nitrogens with zero attached hydrogens (tertiary/aromatic N) is 2. The minimum atomic E-state index is -0.304. The molecule has 0 aliphatic heterocycles. The second-order valence-corrected chi connectivity index (χ2v) is 5.39.